The van der Waals surface area contributed by atoms with Crippen molar-refractivity contribution in [2.24, 2.45) is 0 Å². The van der Waals surface area contributed by atoms with Crippen molar-refractivity contribution < 1.29 is 14.3 Å². The Labute approximate surface area is 108 Å². The summed E-state index contributed by atoms with van der Waals surface area (Å²) in [7, 11) is 0. The first-order chi connectivity index (χ1) is 8.48. The van der Waals surface area contributed by atoms with Gasteiger partial charge in [0.15, 0.2) is 0 Å². The van der Waals surface area contributed by atoms with Crippen LogP contribution >= 0.6 is 0 Å². The summed E-state index contributed by atoms with van der Waals surface area (Å²) in [5, 5.41) is 0. The van der Waals surface area contributed by atoms with Gasteiger partial charge in [-0.05, 0) is 26.2 Å². The Kier molecular flexibility index (Phi) is 3.09. The normalized spacial score (nSPS) is 31.0. The lowest BCUT2D eigenvalue weighted by atomic mass is 9.80. The van der Waals surface area contributed by atoms with Crippen LogP contribution in [0.2, 0.25) is 0 Å². The van der Waals surface area contributed by atoms with Crippen molar-refractivity contribution in [2.75, 3.05) is 0 Å². The van der Waals surface area contributed by atoms with Crippen molar-refractivity contribution in [3.8, 4) is 0 Å². The molecule has 0 bridgehead atoms. The minimum atomic E-state index is -0.367. The largest absolute Gasteiger partial charge is 0.360 e. The first kappa shape index (κ1) is 13.3. The lowest BCUT2D eigenvalue weighted by Crippen LogP contribution is -2.49. The quantitative estimate of drug-likeness (QED) is 0.555. The molecular weight excluding hydrogens is 230 g/mol. The number of epoxide rings is 1. The van der Waals surface area contributed by atoms with Crippen LogP contribution in [0.25, 0.3) is 0 Å². The third-order valence-electron chi connectivity index (χ3n) is 4.68. The van der Waals surface area contributed by atoms with Crippen LogP contribution < -0.4 is 0 Å². The molecule has 2 heterocycles. The summed E-state index contributed by atoms with van der Waals surface area (Å²) in [6.07, 6.45) is 5.30. The van der Waals surface area contributed by atoms with Gasteiger partial charge in [0, 0.05) is 12.2 Å². The third-order valence-corrected chi connectivity index (χ3v) is 4.68. The molecule has 2 atom stereocenters. The maximum absolute atomic E-state index is 11.8. The van der Waals surface area contributed by atoms with Gasteiger partial charge in [-0.25, -0.2) is 0 Å². The fraction of sp³-hybridized carbons (Fsp3) is 0.714. The summed E-state index contributed by atoms with van der Waals surface area (Å²) in [6.45, 7) is 8.17. The van der Waals surface area contributed by atoms with Gasteiger partial charge in [-0.2, -0.15) is 0 Å². The van der Waals surface area contributed by atoms with E-state index >= 15 is 0 Å². The third kappa shape index (κ3) is 1.48. The molecule has 0 aromatic carbocycles. The summed E-state index contributed by atoms with van der Waals surface area (Å²) in [6, 6.07) is -0.211. The molecule has 0 aliphatic carbocycles. The zero-order chi connectivity index (χ0) is 13.6. The Morgan fingerprint density at radius 2 is 1.61 bits per heavy atom. The topological polar surface area (TPSA) is 49.9 Å². The summed E-state index contributed by atoms with van der Waals surface area (Å²) in [4.78, 5) is 24.9. The van der Waals surface area contributed by atoms with Crippen LogP contribution in [0, 0.1) is 0 Å². The molecule has 0 N–H and O–H groups in total. The van der Waals surface area contributed by atoms with Crippen LogP contribution in [0.5, 0.6) is 0 Å². The molecule has 100 valence electrons. The number of nitrogens with zero attached hydrogens (tertiary/aromatic N) is 1. The van der Waals surface area contributed by atoms with Gasteiger partial charge in [0.1, 0.15) is 5.60 Å². The lowest BCUT2D eigenvalue weighted by Gasteiger charge is -2.30. The second-order valence-electron chi connectivity index (χ2n) is 5.10. The van der Waals surface area contributed by atoms with E-state index in [1.54, 1.807) is 0 Å². The van der Waals surface area contributed by atoms with E-state index in [0.29, 0.717) is 0 Å². The molecule has 1 saturated heterocycles. The molecule has 2 rings (SSSR count). The van der Waals surface area contributed by atoms with E-state index in [2.05, 4.69) is 20.8 Å². The summed E-state index contributed by atoms with van der Waals surface area (Å²) in [5.74, 6) is -0.450. The minimum absolute atomic E-state index is 0.176. The van der Waals surface area contributed by atoms with Crippen LogP contribution in [0.1, 0.15) is 47.0 Å². The highest BCUT2D eigenvalue weighted by atomic mass is 16.6. The average Bonchev–Trinajstić information content (AvgIpc) is 2.95. The SMILES string of the molecule is CCC1(CC)OC1(CC)C(C)N1C(=O)C=CC1=O. The Balaban J connectivity index is 2.26. The molecular formula is C14H21NO3. The molecule has 0 aromatic heterocycles. The summed E-state index contributed by atoms with van der Waals surface area (Å²) >= 11 is 0. The molecule has 0 aromatic rings. The Bertz CT molecular complexity index is 393. The molecule has 1 fully saturated rings. The number of hydrogen-bond acceptors (Lipinski definition) is 3. The molecule has 0 saturated carbocycles. The second-order valence-corrected chi connectivity index (χ2v) is 5.10. The van der Waals surface area contributed by atoms with Gasteiger partial charge in [-0.3, -0.25) is 14.5 Å². The van der Waals surface area contributed by atoms with Gasteiger partial charge in [-0.1, -0.05) is 20.8 Å². The van der Waals surface area contributed by atoms with Crippen LogP contribution in [0.15, 0.2) is 12.2 Å². The first-order valence-corrected chi connectivity index (χ1v) is 6.73. The smallest absolute Gasteiger partial charge is 0.253 e. The Hall–Kier alpha value is -1.16. The van der Waals surface area contributed by atoms with Gasteiger partial charge in [0.05, 0.1) is 11.6 Å². The number of imide groups is 1. The van der Waals surface area contributed by atoms with Crippen LogP contribution in [0.3, 0.4) is 0 Å². The number of carbonyl (C=O) groups is 2. The van der Waals surface area contributed by atoms with Crippen molar-refractivity contribution in [1.82, 2.24) is 4.90 Å². The van der Waals surface area contributed by atoms with E-state index in [-0.39, 0.29) is 29.1 Å². The predicted octanol–water partition coefficient (Wildman–Crippen LogP) is 2.04. The zero-order valence-corrected chi connectivity index (χ0v) is 11.5. The van der Waals surface area contributed by atoms with Crippen molar-refractivity contribution in [2.45, 2.75) is 64.2 Å². The summed E-state index contributed by atoms with van der Waals surface area (Å²) < 4.78 is 6.04. The average molecular weight is 251 g/mol. The van der Waals surface area contributed by atoms with Crippen molar-refractivity contribution in [3.63, 3.8) is 0 Å². The van der Waals surface area contributed by atoms with E-state index in [4.69, 9.17) is 4.74 Å². The molecule has 4 nitrogen and oxygen atoms in total. The molecule has 2 amide bonds. The second kappa shape index (κ2) is 4.19. The maximum atomic E-state index is 11.8. The lowest BCUT2D eigenvalue weighted by molar-refractivity contribution is -0.140. The van der Waals surface area contributed by atoms with Crippen molar-refractivity contribution in [3.05, 3.63) is 12.2 Å². The summed E-state index contributed by atoms with van der Waals surface area (Å²) in [5.41, 5.74) is -0.543. The van der Waals surface area contributed by atoms with E-state index in [0.717, 1.165) is 19.3 Å². The zero-order valence-electron chi connectivity index (χ0n) is 11.5. The van der Waals surface area contributed by atoms with E-state index in [1.165, 1.54) is 17.1 Å². The number of carbonyl (C=O) groups excluding carboxylic acids is 2. The maximum Gasteiger partial charge on any atom is 0.253 e. The fourth-order valence-corrected chi connectivity index (χ4v) is 3.47. The number of ether oxygens (including phenoxy) is 1. The number of amides is 2. The fourth-order valence-electron chi connectivity index (χ4n) is 3.47. The molecule has 0 spiro atoms. The van der Waals surface area contributed by atoms with E-state index < -0.39 is 0 Å². The van der Waals surface area contributed by atoms with E-state index in [9.17, 15) is 9.59 Å². The van der Waals surface area contributed by atoms with Crippen molar-refractivity contribution in [1.29, 1.82) is 0 Å². The highest BCUT2D eigenvalue weighted by Crippen LogP contribution is 2.58. The molecule has 2 unspecified atom stereocenters. The van der Waals surface area contributed by atoms with Gasteiger partial charge in [0.25, 0.3) is 11.8 Å². The van der Waals surface area contributed by atoms with Gasteiger partial charge in [0.2, 0.25) is 0 Å². The molecule has 2 aliphatic rings. The molecule has 0 radical (unpaired) electrons. The van der Waals surface area contributed by atoms with Crippen LogP contribution in [-0.4, -0.2) is 34.0 Å². The minimum Gasteiger partial charge on any atom is -0.360 e. The molecule has 4 heteroatoms. The highest BCUT2D eigenvalue weighted by Gasteiger charge is 2.70. The van der Waals surface area contributed by atoms with Gasteiger partial charge in [-0.15, -0.1) is 0 Å². The predicted molar refractivity (Wildman–Crippen MR) is 67.9 cm³/mol. The Morgan fingerprint density at radius 1 is 1.11 bits per heavy atom. The first-order valence-electron chi connectivity index (χ1n) is 6.73. The van der Waals surface area contributed by atoms with Crippen molar-refractivity contribution >= 4 is 11.8 Å². The Morgan fingerprint density at radius 3 is 1.94 bits per heavy atom. The van der Waals surface area contributed by atoms with Gasteiger partial charge >= 0.3 is 0 Å². The van der Waals surface area contributed by atoms with Crippen LogP contribution in [-0.2, 0) is 14.3 Å². The van der Waals surface area contributed by atoms with Crippen LogP contribution in [0.4, 0.5) is 0 Å². The standard InChI is InChI=1S/C14H21NO3/c1-5-13(6-2)14(7-3,18-13)10(4)15-11(16)8-9-12(15)17/h8-10H,5-7H2,1-4H3. The highest BCUT2D eigenvalue weighted by molar-refractivity contribution is 6.13. The number of hydrogen-bond donors (Lipinski definition) is 0. The molecule has 18 heavy (non-hydrogen) atoms. The van der Waals surface area contributed by atoms with E-state index in [1.807, 2.05) is 6.92 Å². The number of rotatable bonds is 5. The van der Waals surface area contributed by atoms with Gasteiger partial charge < -0.3 is 4.74 Å². The monoisotopic (exact) mass is 251 g/mol. The molecule has 2 aliphatic heterocycles.